The number of piperidine rings is 1. The van der Waals surface area contributed by atoms with Crippen LogP contribution in [0.25, 0.3) is 0 Å². The Kier molecular flexibility index (Phi) is 5.20. The van der Waals surface area contributed by atoms with E-state index in [1.54, 1.807) is 0 Å². The summed E-state index contributed by atoms with van der Waals surface area (Å²) in [7, 11) is 0. The molecule has 0 aliphatic carbocycles. The van der Waals surface area contributed by atoms with Crippen molar-refractivity contribution in [1.29, 1.82) is 0 Å². The molecule has 0 aromatic heterocycles. The first kappa shape index (κ1) is 11.7. The van der Waals surface area contributed by atoms with Crippen molar-refractivity contribution in [2.45, 2.75) is 45.6 Å². The number of allylic oxidation sites excluding steroid dienone is 1. The van der Waals surface area contributed by atoms with E-state index in [9.17, 15) is 5.11 Å². The highest BCUT2D eigenvalue weighted by atomic mass is 16.3. The largest absolute Gasteiger partial charge is 0.395 e. The molecule has 0 aromatic carbocycles. The zero-order chi connectivity index (χ0) is 10.4. The number of aliphatic hydroxyl groups excluding tert-OH is 1. The van der Waals surface area contributed by atoms with E-state index < -0.39 is 0 Å². The van der Waals surface area contributed by atoms with Crippen molar-refractivity contribution >= 4 is 0 Å². The summed E-state index contributed by atoms with van der Waals surface area (Å²) >= 11 is 0. The van der Waals surface area contributed by atoms with Gasteiger partial charge in [0.15, 0.2) is 0 Å². The maximum absolute atomic E-state index is 9.21. The summed E-state index contributed by atoms with van der Waals surface area (Å²) in [6, 6.07) is 0.425. The van der Waals surface area contributed by atoms with Crippen LogP contribution in [0.4, 0.5) is 0 Å². The maximum Gasteiger partial charge on any atom is 0.0586 e. The quantitative estimate of drug-likeness (QED) is 0.698. The lowest BCUT2D eigenvalue weighted by atomic mass is 10.0. The normalized spacial score (nSPS) is 23.5. The van der Waals surface area contributed by atoms with Gasteiger partial charge in [-0.05, 0) is 39.7 Å². The molecule has 0 spiro atoms. The molecule has 2 heteroatoms. The van der Waals surface area contributed by atoms with E-state index in [1.165, 1.54) is 31.4 Å². The topological polar surface area (TPSA) is 23.5 Å². The van der Waals surface area contributed by atoms with Gasteiger partial charge in [-0.3, -0.25) is 4.90 Å². The van der Waals surface area contributed by atoms with Crippen molar-refractivity contribution in [2.75, 3.05) is 19.7 Å². The van der Waals surface area contributed by atoms with Crippen LogP contribution >= 0.6 is 0 Å². The van der Waals surface area contributed by atoms with E-state index in [-0.39, 0.29) is 0 Å². The molecule has 1 atom stereocenters. The molecule has 0 saturated carbocycles. The van der Waals surface area contributed by atoms with Gasteiger partial charge in [0, 0.05) is 12.6 Å². The first-order valence-electron chi connectivity index (χ1n) is 5.72. The second-order valence-corrected chi connectivity index (χ2v) is 4.44. The van der Waals surface area contributed by atoms with Gasteiger partial charge in [-0.2, -0.15) is 0 Å². The summed E-state index contributed by atoms with van der Waals surface area (Å²) in [5.41, 5.74) is 1.39. The number of aliphatic hydroxyl groups is 1. The van der Waals surface area contributed by atoms with Crippen LogP contribution in [0.15, 0.2) is 11.6 Å². The van der Waals surface area contributed by atoms with Crippen LogP contribution in [0, 0.1) is 0 Å². The SMILES string of the molecule is CC(C)=CCCN1CCCCC1CO. The predicted molar refractivity (Wildman–Crippen MR) is 60.3 cm³/mol. The van der Waals surface area contributed by atoms with Crippen LogP contribution in [-0.4, -0.2) is 35.7 Å². The molecular formula is C12H23NO. The molecule has 1 N–H and O–H groups in total. The Balaban J connectivity index is 2.29. The third kappa shape index (κ3) is 3.81. The molecule has 1 saturated heterocycles. The highest BCUT2D eigenvalue weighted by Crippen LogP contribution is 2.16. The van der Waals surface area contributed by atoms with Crippen LogP contribution in [0.1, 0.15) is 39.5 Å². The zero-order valence-electron chi connectivity index (χ0n) is 9.50. The summed E-state index contributed by atoms with van der Waals surface area (Å²) in [5.74, 6) is 0. The van der Waals surface area contributed by atoms with Crippen LogP contribution in [0.3, 0.4) is 0 Å². The highest BCUT2D eigenvalue weighted by molar-refractivity contribution is 4.93. The van der Waals surface area contributed by atoms with Crippen molar-refractivity contribution < 1.29 is 5.11 Å². The van der Waals surface area contributed by atoms with Crippen LogP contribution in [0.2, 0.25) is 0 Å². The Morgan fingerprint density at radius 3 is 2.86 bits per heavy atom. The van der Waals surface area contributed by atoms with Crippen molar-refractivity contribution in [3.05, 3.63) is 11.6 Å². The first-order valence-corrected chi connectivity index (χ1v) is 5.72. The molecule has 1 heterocycles. The van der Waals surface area contributed by atoms with Gasteiger partial charge in [0.1, 0.15) is 0 Å². The molecule has 0 amide bonds. The van der Waals surface area contributed by atoms with E-state index in [0.717, 1.165) is 13.0 Å². The Labute approximate surface area is 87.6 Å². The standard InChI is InChI=1S/C12H23NO/c1-11(2)6-5-9-13-8-4-3-7-12(13)10-14/h6,12,14H,3-5,7-10H2,1-2H3. The minimum atomic E-state index is 0.328. The van der Waals surface area contributed by atoms with Crippen LogP contribution < -0.4 is 0 Å². The molecule has 1 rings (SSSR count). The van der Waals surface area contributed by atoms with Crippen LogP contribution in [-0.2, 0) is 0 Å². The van der Waals surface area contributed by atoms with Gasteiger partial charge in [0.2, 0.25) is 0 Å². The molecular weight excluding hydrogens is 174 g/mol. The number of rotatable bonds is 4. The minimum Gasteiger partial charge on any atom is -0.395 e. The van der Waals surface area contributed by atoms with Crippen molar-refractivity contribution in [2.24, 2.45) is 0 Å². The monoisotopic (exact) mass is 197 g/mol. The maximum atomic E-state index is 9.21. The Hall–Kier alpha value is -0.340. The summed E-state index contributed by atoms with van der Waals surface area (Å²) in [6.45, 7) is 6.88. The van der Waals surface area contributed by atoms with E-state index >= 15 is 0 Å². The van der Waals surface area contributed by atoms with Gasteiger partial charge in [-0.1, -0.05) is 18.1 Å². The Morgan fingerprint density at radius 2 is 2.21 bits per heavy atom. The molecule has 0 bridgehead atoms. The summed E-state index contributed by atoms with van der Waals surface area (Å²) in [6.07, 6.45) is 7.16. The van der Waals surface area contributed by atoms with Crippen molar-refractivity contribution in [3.63, 3.8) is 0 Å². The summed E-state index contributed by atoms with van der Waals surface area (Å²) in [4.78, 5) is 2.43. The van der Waals surface area contributed by atoms with Gasteiger partial charge in [0.25, 0.3) is 0 Å². The molecule has 0 radical (unpaired) electrons. The van der Waals surface area contributed by atoms with Gasteiger partial charge in [-0.15, -0.1) is 0 Å². The lowest BCUT2D eigenvalue weighted by Gasteiger charge is -2.34. The second kappa shape index (κ2) is 6.20. The number of hydrogen-bond acceptors (Lipinski definition) is 2. The van der Waals surface area contributed by atoms with Gasteiger partial charge < -0.3 is 5.11 Å². The third-order valence-corrected chi connectivity index (χ3v) is 2.93. The molecule has 1 aliphatic heterocycles. The molecule has 2 nitrogen and oxygen atoms in total. The summed E-state index contributed by atoms with van der Waals surface area (Å²) in [5, 5.41) is 9.21. The molecule has 82 valence electrons. The minimum absolute atomic E-state index is 0.328. The number of nitrogens with zero attached hydrogens (tertiary/aromatic N) is 1. The summed E-state index contributed by atoms with van der Waals surface area (Å²) < 4.78 is 0. The molecule has 1 unspecified atom stereocenters. The van der Waals surface area contributed by atoms with E-state index in [4.69, 9.17) is 0 Å². The Bertz CT molecular complexity index is 185. The van der Waals surface area contributed by atoms with Crippen molar-refractivity contribution in [3.8, 4) is 0 Å². The first-order chi connectivity index (χ1) is 6.74. The zero-order valence-corrected chi connectivity index (χ0v) is 9.50. The average molecular weight is 197 g/mol. The predicted octanol–water partition coefficient (Wildman–Crippen LogP) is 2.19. The fourth-order valence-corrected chi connectivity index (χ4v) is 2.08. The van der Waals surface area contributed by atoms with Gasteiger partial charge in [-0.25, -0.2) is 0 Å². The second-order valence-electron chi connectivity index (χ2n) is 4.44. The smallest absolute Gasteiger partial charge is 0.0586 e. The van der Waals surface area contributed by atoms with Gasteiger partial charge >= 0.3 is 0 Å². The fraction of sp³-hybridized carbons (Fsp3) is 0.833. The molecule has 1 fully saturated rings. The Morgan fingerprint density at radius 1 is 1.43 bits per heavy atom. The van der Waals surface area contributed by atoms with E-state index in [1.807, 2.05) is 0 Å². The third-order valence-electron chi connectivity index (χ3n) is 2.93. The molecule has 0 aromatic rings. The van der Waals surface area contributed by atoms with Crippen molar-refractivity contribution in [1.82, 2.24) is 4.90 Å². The number of hydrogen-bond donors (Lipinski definition) is 1. The molecule has 1 aliphatic rings. The van der Waals surface area contributed by atoms with E-state index in [0.29, 0.717) is 12.6 Å². The van der Waals surface area contributed by atoms with Crippen LogP contribution in [0.5, 0.6) is 0 Å². The highest BCUT2D eigenvalue weighted by Gasteiger charge is 2.20. The number of likely N-dealkylation sites (tertiary alicyclic amines) is 1. The lowest BCUT2D eigenvalue weighted by molar-refractivity contribution is 0.0919. The van der Waals surface area contributed by atoms with Gasteiger partial charge in [0.05, 0.1) is 6.61 Å². The lowest BCUT2D eigenvalue weighted by Crippen LogP contribution is -2.42. The fourth-order valence-electron chi connectivity index (χ4n) is 2.08. The van der Waals surface area contributed by atoms with E-state index in [2.05, 4.69) is 24.8 Å². The average Bonchev–Trinajstić information content (AvgIpc) is 2.18. The molecule has 14 heavy (non-hydrogen) atoms.